The first kappa shape index (κ1) is 16.0. The molecule has 126 valence electrons. The van der Waals surface area contributed by atoms with Crippen molar-refractivity contribution >= 4 is 33.2 Å². The average molecular weight is 408 g/mol. The maximum atomic E-state index is 12.7. The number of thiophene rings is 1. The van der Waals surface area contributed by atoms with Crippen LogP contribution in [0.2, 0.25) is 0 Å². The summed E-state index contributed by atoms with van der Waals surface area (Å²) in [4.78, 5) is 27.7. The number of rotatable bonds is 3. The second-order valence-corrected chi connectivity index (χ2v) is 8.85. The largest absolute Gasteiger partial charge is 0.333 e. The fourth-order valence-corrected chi connectivity index (χ4v) is 4.98. The van der Waals surface area contributed by atoms with Crippen LogP contribution in [0, 0.1) is 0 Å². The highest BCUT2D eigenvalue weighted by atomic mass is 79.9. The molecular weight excluding hydrogens is 390 g/mol. The summed E-state index contributed by atoms with van der Waals surface area (Å²) in [6, 6.07) is 5.53. The quantitative estimate of drug-likeness (QED) is 0.785. The lowest BCUT2D eigenvalue weighted by atomic mass is 10.2. The van der Waals surface area contributed by atoms with Crippen LogP contribution in [0.4, 0.5) is 0 Å². The van der Waals surface area contributed by atoms with E-state index in [9.17, 15) is 9.59 Å². The molecule has 1 amide bonds. The van der Waals surface area contributed by atoms with E-state index in [1.165, 1.54) is 11.3 Å². The smallest absolute Gasteiger partial charge is 0.267 e. The summed E-state index contributed by atoms with van der Waals surface area (Å²) in [6.07, 6.45) is 4.88. The topological polar surface area (TPSA) is 55.2 Å². The van der Waals surface area contributed by atoms with Crippen molar-refractivity contribution in [2.24, 2.45) is 0 Å². The molecule has 3 heterocycles. The number of amides is 1. The Morgan fingerprint density at radius 2 is 2.21 bits per heavy atom. The van der Waals surface area contributed by atoms with Crippen molar-refractivity contribution in [2.75, 3.05) is 6.54 Å². The summed E-state index contributed by atoms with van der Waals surface area (Å²) in [5, 5.41) is 4.55. The third kappa shape index (κ3) is 2.95. The van der Waals surface area contributed by atoms with Crippen molar-refractivity contribution in [3.05, 3.63) is 48.5 Å². The Balaban J connectivity index is 1.56. The van der Waals surface area contributed by atoms with E-state index in [0.717, 1.165) is 58.6 Å². The summed E-state index contributed by atoms with van der Waals surface area (Å²) in [7, 11) is 0. The first-order valence-corrected chi connectivity index (χ1v) is 9.89. The van der Waals surface area contributed by atoms with Crippen LogP contribution in [-0.2, 0) is 19.4 Å². The third-order valence-electron chi connectivity index (χ3n) is 4.83. The van der Waals surface area contributed by atoms with E-state index >= 15 is 0 Å². The number of nitrogens with zero attached hydrogens (tertiary/aromatic N) is 3. The van der Waals surface area contributed by atoms with Gasteiger partial charge in [-0.2, -0.15) is 5.10 Å². The minimum atomic E-state index is -0.0474. The molecule has 2 aromatic rings. The lowest BCUT2D eigenvalue weighted by Gasteiger charge is -2.24. The minimum absolute atomic E-state index is 0.0445. The molecule has 7 heteroatoms. The van der Waals surface area contributed by atoms with Crippen LogP contribution in [0.15, 0.2) is 26.8 Å². The van der Waals surface area contributed by atoms with E-state index in [2.05, 4.69) is 21.0 Å². The molecule has 2 aliphatic rings. The summed E-state index contributed by atoms with van der Waals surface area (Å²) in [6.45, 7) is 1.24. The second kappa shape index (κ2) is 6.44. The highest BCUT2D eigenvalue weighted by Crippen LogP contribution is 2.27. The van der Waals surface area contributed by atoms with Crippen LogP contribution >= 0.6 is 27.3 Å². The van der Waals surface area contributed by atoms with Gasteiger partial charge in [-0.05, 0) is 65.7 Å². The van der Waals surface area contributed by atoms with Crippen molar-refractivity contribution in [2.45, 2.75) is 44.7 Å². The van der Waals surface area contributed by atoms with Crippen molar-refractivity contribution in [1.82, 2.24) is 14.7 Å². The molecule has 1 saturated heterocycles. The van der Waals surface area contributed by atoms with Gasteiger partial charge >= 0.3 is 0 Å². The van der Waals surface area contributed by atoms with Gasteiger partial charge in [-0.1, -0.05) is 0 Å². The van der Waals surface area contributed by atoms with Gasteiger partial charge in [0.2, 0.25) is 0 Å². The lowest BCUT2D eigenvalue weighted by Crippen LogP contribution is -2.40. The highest BCUT2D eigenvalue weighted by Gasteiger charge is 2.31. The first-order valence-electron chi connectivity index (χ1n) is 8.28. The molecule has 0 spiro atoms. The predicted octanol–water partition coefficient (Wildman–Crippen LogP) is 2.86. The second-order valence-electron chi connectivity index (χ2n) is 6.39. The molecule has 5 nitrogen and oxygen atoms in total. The molecule has 2 aromatic heterocycles. The average Bonchev–Trinajstić information content (AvgIpc) is 3.28. The number of halogens is 1. The van der Waals surface area contributed by atoms with E-state index < -0.39 is 0 Å². The Morgan fingerprint density at radius 3 is 3.00 bits per heavy atom. The molecule has 1 fully saturated rings. The Labute approximate surface area is 152 Å². The normalized spacial score (nSPS) is 19.7. The summed E-state index contributed by atoms with van der Waals surface area (Å²) < 4.78 is 2.52. The zero-order valence-electron chi connectivity index (χ0n) is 13.2. The van der Waals surface area contributed by atoms with E-state index in [0.29, 0.717) is 6.54 Å². The third-order valence-corrected chi connectivity index (χ3v) is 6.44. The number of carbonyl (C=O) groups is 1. The summed E-state index contributed by atoms with van der Waals surface area (Å²) >= 11 is 4.86. The van der Waals surface area contributed by atoms with Crippen LogP contribution in [0.1, 0.15) is 40.2 Å². The van der Waals surface area contributed by atoms with Gasteiger partial charge in [0.25, 0.3) is 11.5 Å². The standard InChI is InChI=1S/C17H18BrN3O2S/c18-15-7-6-14(24-15)17(23)20-8-2-4-12(20)10-21-16(22)9-11-3-1-5-13(11)19-21/h6-7,9,12H,1-5,8,10H2. The number of aromatic nitrogens is 2. The number of fused-ring (bicyclic) bond motifs is 1. The SMILES string of the molecule is O=C(c1ccc(Br)s1)N1CCCC1Cn1nc2c(cc1=O)CCC2. The zero-order chi connectivity index (χ0) is 16.7. The van der Waals surface area contributed by atoms with Crippen molar-refractivity contribution in [1.29, 1.82) is 0 Å². The minimum Gasteiger partial charge on any atom is -0.333 e. The molecule has 0 N–H and O–H groups in total. The fraction of sp³-hybridized carbons (Fsp3) is 0.471. The molecule has 24 heavy (non-hydrogen) atoms. The number of hydrogen-bond donors (Lipinski definition) is 0. The molecule has 1 unspecified atom stereocenters. The van der Waals surface area contributed by atoms with Gasteiger partial charge < -0.3 is 4.90 Å². The van der Waals surface area contributed by atoms with E-state index in [4.69, 9.17) is 0 Å². The van der Waals surface area contributed by atoms with Gasteiger partial charge in [-0.3, -0.25) is 9.59 Å². The van der Waals surface area contributed by atoms with Gasteiger partial charge in [-0.15, -0.1) is 11.3 Å². The maximum absolute atomic E-state index is 12.7. The predicted molar refractivity (Wildman–Crippen MR) is 96.6 cm³/mol. The Kier molecular flexibility index (Phi) is 4.30. The van der Waals surface area contributed by atoms with E-state index in [1.807, 2.05) is 17.0 Å². The lowest BCUT2D eigenvalue weighted by molar-refractivity contribution is 0.0725. The van der Waals surface area contributed by atoms with Gasteiger partial charge in [0.05, 0.1) is 26.9 Å². The van der Waals surface area contributed by atoms with Gasteiger partial charge in [0.15, 0.2) is 0 Å². The van der Waals surface area contributed by atoms with Gasteiger partial charge in [-0.25, -0.2) is 4.68 Å². The van der Waals surface area contributed by atoms with Crippen LogP contribution < -0.4 is 5.56 Å². The van der Waals surface area contributed by atoms with E-state index in [-0.39, 0.29) is 17.5 Å². The fourth-order valence-electron chi connectivity index (χ4n) is 3.63. The Hall–Kier alpha value is -1.47. The molecule has 0 bridgehead atoms. The molecule has 4 rings (SSSR count). The Morgan fingerprint density at radius 1 is 1.33 bits per heavy atom. The van der Waals surface area contributed by atoms with Gasteiger partial charge in [0.1, 0.15) is 0 Å². The van der Waals surface area contributed by atoms with Crippen LogP contribution in [0.5, 0.6) is 0 Å². The van der Waals surface area contributed by atoms with Crippen LogP contribution in [0.25, 0.3) is 0 Å². The summed E-state index contributed by atoms with van der Waals surface area (Å²) in [5.74, 6) is 0.0578. The summed E-state index contributed by atoms with van der Waals surface area (Å²) in [5.41, 5.74) is 2.10. The van der Waals surface area contributed by atoms with Crippen molar-refractivity contribution < 1.29 is 4.79 Å². The van der Waals surface area contributed by atoms with Crippen molar-refractivity contribution in [3.8, 4) is 0 Å². The molecule has 1 atom stereocenters. The molecule has 0 saturated carbocycles. The maximum Gasteiger partial charge on any atom is 0.267 e. The number of likely N-dealkylation sites (tertiary alicyclic amines) is 1. The highest BCUT2D eigenvalue weighted by molar-refractivity contribution is 9.11. The molecule has 1 aliphatic carbocycles. The van der Waals surface area contributed by atoms with Gasteiger partial charge in [0, 0.05) is 12.6 Å². The molecule has 0 radical (unpaired) electrons. The molecular formula is C17H18BrN3O2S. The number of hydrogen-bond acceptors (Lipinski definition) is 4. The van der Waals surface area contributed by atoms with E-state index in [1.54, 1.807) is 10.7 Å². The van der Waals surface area contributed by atoms with Crippen molar-refractivity contribution in [3.63, 3.8) is 0 Å². The first-order chi connectivity index (χ1) is 11.6. The van der Waals surface area contributed by atoms with Crippen LogP contribution in [0.3, 0.4) is 0 Å². The van der Waals surface area contributed by atoms with Crippen LogP contribution in [-0.4, -0.2) is 33.2 Å². The Bertz CT molecular complexity index is 845. The molecule has 0 aromatic carbocycles. The number of carbonyl (C=O) groups excluding carboxylic acids is 1. The number of aryl methyl sites for hydroxylation is 2. The molecule has 1 aliphatic heterocycles. The zero-order valence-corrected chi connectivity index (χ0v) is 15.6. The monoisotopic (exact) mass is 407 g/mol.